The highest BCUT2D eigenvalue weighted by Gasteiger charge is 2.32. The normalized spacial score (nSPS) is 18.9. The first kappa shape index (κ1) is 14.9. The van der Waals surface area contributed by atoms with Crippen LogP contribution in [-0.4, -0.2) is 34.6 Å². The van der Waals surface area contributed by atoms with E-state index in [9.17, 15) is 15.2 Å². The molecule has 1 aromatic rings. The summed E-state index contributed by atoms with van der Waals surface area (Å²) in [7, 11) is 0. The van der Waals surface area contributed by atoms with Gasteiger partial charge in [-0.3, -0.25) is 15.0 Å². The van der Waals surface area contributed by atoms with Gasteiger partial charge < -0.3 is 5.11 Å². The molecule has 110 valence electrons. The lowest BCUT2D eigenvalue weighted by molar-refractivity contribution is -0.384. The van der Waals surface area contributed by atoms with Gasteiger partial charge in [0.25, 0.3) is 5.69 Å². The molecule has 5 heteroatoms. The average molecular weight is 278 g/mol. The molecule has 0 aromatic heterocycles. The molecule has 0 radical (unpaired) electrons. The van der Waals surface area contributed by atoms with Crippen molar-refractivity contribution in [3.63, 3.8) is 0 Å². The molecule has 1 heterocycles. The molecule has 1 aromatic carbocycles. The Hall–Kier alpha value is -1.46. The van der Waals surface area contributed by atoms with Gasteiger partial charge in [-0.1, -0.05) is 19.1 Å². The minimum Gasteiger partial charge on any atom is -0.396 e. The molecule has 0 bridgehead atoms. The Labute approximate surface area is 119 Å². The number of rotatable bonds is 5. The number of nitrogens with zero attached hydrogens (tertiary/aromatic N) is 2. The monoisotopic (exact) mass is 278 g/mol. The SMILES string of the molecule is CCC1(CO)CCN(Cc2ccc([N+](=O)[O-])cc2)CC1. The molecule has 5 nitrogen and oxygen atoms in total. The van der Waals surface area contributed by atoms with E-state index in [2.05, 4.69) is 11.8 Å². The van der Waals surface area contributed by atoms with Crippen molar-refractivity contribution < 1.29 is 10.0 Å². The Morgan fingerprint density at radius 2 is 1.90 bits per heavy atom. The van der Waals surface area contributed by atoms with Crippen LogP contribution in [0.5, 0.6) is 0 Å². The lowest BCUT2D eigenvalue weighted by Crippen LogP contribution is -2.41. The van der Waals surface area contributed by atoms with Crippen molar-refractivity contribution in [1.29, 1.82) is 0 Å². The highest BCUT2D eigenvalue weighted by molar-refractivity contribution is 5.32. The molecule has 1 saturated heterocycles. The van der Waals surface area contributed by atoms with E-state index >= 15 is 0 Å². The Kier molecular flexibility index (Phi) is 4.73. The number of hydrogen-bond donors (Lipinski definition) is 1. The van der Waals surface area contributed by atoms with Crippen LogP contribution in [0.15, 0.2) is 24.3 Å². The van der Waals surface area contributed by atoms with Crippen LogP contribution in [0.1, 0.15) is 31.7 Å². The average Bonchev–Trinajstić information content (AvgIpc) is 2.49. The fourth-order valence-corrected chi connectivity index (χ4v) is 2.79. The van der Waals surface area contributed by atoms with Crippen LogP contribution in [0, 0.1) is 15.5 Å². The fourth-order valence-electron chi connectivity index (χ4n) is 2.79. The van der Waals surface area contributed by atoms with Gasteiger partial charge in [-0.05, 0) is 43.3 Å². The second kappa shape index (κ2) is 6.33. The molecule has 1 N–H and O–H groups in total. The third kappa shape index (κ3) is 3.35. The maximum absolute atomic E-state index is 10.6. The van der Waals surface area contributed by atoms with Gasteiger partial charge in [0.05, 0.1) is 4.92 Å². The number of likely N-dealkylation sites (tertiary alicyclic amines) is 1. The van der Waals surface area contributed by atoms with Gasteiger partial charge in [-0.15, -0.1) is 0 Å². The smallest absolute Gasteiger partial charge is 0.269 e. The van der Waals surface area contributed by atoms with Crippen LogP contribution in [0.3, 0.4) is 0 Å². The number of piperidine rings is 1. The van der Waals surface area contributed by atoms with Crippen LogP contribution in [-0.2, 0) is 6.54 Å². The molecular formula is C15H22N2O3. The highest BCUT2D eigenvalue weighted by Crippen LogP contribution is 2.34. The Morgan fingerprint density at radius 3 is 2.35 bits per heavy atom. The molecule has 0 unspecified atom stereocenters. The first-order valence-electron chi connectivity index (χ1n) is 7.15. The van der Waals surface area contributed by atoms with Gasteiger partial charge in [0.1, 0.15) is 0 Å². The topological polar surface area (TPSA) is 66.6 Å². The van der Waals surface area contributed by atoms with Crippen LogP contribution < -0.4 is 0 Å². The molecule has 2 rings (SSSR count). The molecule has 20 heavy (non-hydrogen) atoms. The van der Waals surface area contributed by atoms with E-state index in [-0.39, 0.29) is 22.6 Å². The number of benzene rings is 1. The van der Waals surface area contributed by atoms with Crippen molar-refractivity contribution in [1.82, 2.24) is 4.90 Å². The second-order valence-corrected chi connectivity index (χ2v) is 5.71. The molecule has 1 aliphatic rings. The highest BCUT2D eigenvalue weighted by atomic mass is 16.6. The summed E-state index contributed by atoms with van der Waals surface area (Å²) in [5.41, 5.74) is 1.34. The zero-order valence-electron chi connectivity index (χ0n) is 11.9. The summed E-state index contributed by atoms with van der Waals surface area (Å²) in [5, 5.41) is 20.1. The van der Waals surface area contributed by atoms with Gasteiger partial charge in [-0.2, -0.15) is 0 Å². The summed E-state index contributed by atoms with van der Waals surface area (Å²) in [6.07, 6.45) is 3.06. The van der Waals surface area contributed by atoms with Crippen molar-refractivity contribution in [2.45, 2.75) is 32.7 Å². The molecule has 0 aliphatic carbocycles. The van der Waals surface area contributed by atoms with Crippen LogP contribution in [0.4, 0.5) is 5.69 Å². The summed E-state index contributed by atoms with van der Waals surface area (Å²) in [4.78, 5) is 12.6. The minimum absolute atomic E-state index is 0.103. The number of hydrogen-bond acceptors (Lipinski definition) is 4. The van der Waals surface area contributed by atoms with Crippen LogP contribution in [0.25, 0.3) is 0 Å². The first-order chi connectivity index (χ1) is 9.58. The number of aliphatic hydroxyl groups excluding tert-OH is 1. The maximum atomic E-state index is 10.6. The van der Waals surface area contributed by atoms with E-state index in [1.807, 2.05) is 12.1 Å². The van der Waals surface area contributed by atoms with Gasteiger partial charge in [0, 0.05) is 25.3 Å². The van der Waals surface area contributed by atoms with E-state index in [1.54, 1.807) is 12.1 Å². The van der Waals surface area contributed by atoms with E-state index in [0.717, 1.165) is 44.5 Å². The van der Waals surface area contributed by atoms with Crippen LogP contribution in [0.2, 0.25) is 0 Å². The van der Waals surface area contributed by atoms with Crippen molar-refractivity contribution in [3.8, 4) is 0 Å². The van der Waals surface area contributed by atoms with Gasteiger partial charge >= 0.3 is 0 Å². The largest absolute Gasteiger partial charge is 0.396 e. The molecule has 0 atom stereocenters. The summed E-state index contributed by atoms with van der Waals surface area (Å²) in [6, 6.07) is 6.77. The number of nitro benzene ring substituents is 1. The van der Waals surface area contributed by atoms with Gasteiger partial charge in [-0.25, -0.2) is 0 Å². The zero-order chi connectivity index (χ0) is 14.6. The zero-order valence-corrected chi connectivity index (χ0v) is 11.9. The molecule has 1 aliphatic heterocycles. The van der Waals surface area contributed by atoms with Gasteiger partial charge in [0.2, 0.25) is 0 Å². The Bertz CT molecular complexity index is 445. The standard InChI is InChI=1S/C15H22N2O3/c1-2-15(12-18)7-9-16(10-8-15)11-13-3-5-14(6-4-13)17(19)20/h3-6,18H,2,7-12H2,1H3. The quantitative estimate of drug-likeness (QED) is 0.664. The van der Waals surface area contributed by atoms with Crippen molar-refractivity contribution >= 4 is 5.69 Å². The molecule has 0 amide bonds. The van der Waals surface area contributed by atoms with Gasteiger partial charge in [0.15, 0.2) is 0 Å². The molecular weight excluding hydrogens is 256 g/mol. The first-order valence-corrected chi connectivity index (χ1v) is 7.15. The fraction of sp³-hybridized carbons (Fsp3) is 0.600. The van der Waals surface area contributed by atoms with Crippen molar-refractivity contribution in [2.75, 3.05) is 19.7 Å². The number of nitro groups is 1. The molecule has 1 fully saturated rings. The van der Waals surface area contributed by atoms with E-state index in [0.29, 0.717) is 0 Å². The Balaban J connectivity index is 1.91. The maximum Gasteiger partial charge on any atom is 0.269 e. The van der Waals surface area contributed by atoms with E-state index in [1.165, 1.54) is 0 Å². The predicted molar refractivity (Wildman–Crippen MR) is 77.4 cm³/mol. The second-order valence-electron chi connectivity index (χ2n) is 5.71. The lowest BCUT2D eigenvalue weighted by atomic mass is 9.77. The Morgan fingerprint density at radius 1 is 1.30 bits per heavy atom. The predicted octanol–water partition coefficient (Wildman–Crippen LogP) is 2.58. The number of non-ortho nitro benzene ring substituents is 1. The third-order valence-electron chi connectivity index (χ3n) is 4.56. The van der Waals surface area contributed by atoms with E-state index < -0.39 is 0 Å². The van der Waals surface area contributed by atoms with E-state index in [4.69, 9.17) is 0 Å². The molecule has 0 spiro atoms. The summed E-state index contributed by atoms with van der Waals surface area (Å²) in [5.74, 6) is 0. The molecule has 0 saturated carbocycles. The van der Waals surface area contributed by atoms with Crippen molar-refractivity contribution in [2.24, 2.45) is 5.41 Å². The lowest BCUT2D eigenvalue weighted by Gasteiger charge is -2.40. The minimum atomic E-state index is -0.373. The summed E-state index contributed by atoms with van der Waals surface area (Å²) >= 11 is 0. The number of aliphatic hydroxyl groups is 1. The summed E-state index contributed by atoms with van der Waals surface area (Å²) in [6.45, 7) is 5.19. The van der Waals surface area contributed by atoms with Crippen molar-refractivity contribution in [3.05, 3.63) is 39.9 Å². The van der Waals surface area contributed by atoms with Crippen LogP contribution >= 0.6 is 0 Å². The summed E-state index contributed by atoms with van der Waals surface area (Å²) < 4.78 is 0. The third-order valence-corrected chi connectivity index (χ3v) is 4.56.